The molecule has 0 saturated heterocycles. The third-order valence-electron chi connectivity index (χ3n) is 5.55. The summed E-state index contributed by atoms with van der Waals surface area (Å²) in [4.78, 5) is 13.1. The molecule has 2 N–H and O–H groups in total. The first-order chi connectivity index (χ1) is 16.1. The van der Waals surface area contributed by atoms with Gasteiger partial charge in [0, 0.05) is 23.8 Å². The summed E-state index contributed by atoms with van der Waals surface area (Å²) in [6.45, 7) is 11.1. The number of nitrogens with two attached hydrogens (primary N) is 1. The second-order valence-electron chi connectivity index (χ2n) is 9.49. The first-order valence-corrected chi connectivity index (χ1v) is 11.7. The van der Waals surface area contributed by atoms with E-state index >= 15 is 0 Å². The van der Waals surface area contributed by atoms with Gasteiger partial charge in [0.25, 0.3) is 5.65 Å². The molecule has 0 atom stereocenters. The average molecular weight is 471 g/mol. The molecule has 0 fully saturated rings. The lowest BCUT2D eigenvalue weighted by molar-refractivity contribution is -0.723. The Morgan fingerprint density at radius 2 is 1.85 bits per heavy atom. The monoisotopic (exact) mass is 470 g/mol. The van der Waals surface area contributed by atoms with E-state index in [1.54, 1.807) is 37.4 Å². The maximum atomic E-state index is 13.1. The molecule has 0 radical (unpaired) electrons. The van der Waals surface area contributed by atoms with Crippen LogP contribution < -0.4 is 24.6 Å². The number of nitrogens with zero attached hydrogens (tertiary/aromatic N) is 4. The number of rotatable bonds is 11. The molecule has 1 aromatic carbocycles. The Morgan fingerprint density at radius 1 is 1.15 bits per heavy atom. The number of hydrogen-bond donors (Lipinski definition) is 1. The van der Waals surface area contributed by atoms with Crippen LogP contribution in [0.3, 0.4) is 0 Å². The van der Waals surface area contributed by atoms with Crippen LogP contribution in [-0.4, -0.2) is 40.3 Å². The van der Waals surface area contributed by atoms with E-state index in [4.69, 9.17) is 19.9 Å². The van der Waals surface area contributed by atoms with Gasteiger partial charge in [-0.2, -0.15) is 0 Å². The lowest BCUT2D eigenvalue weighted by Gasteiger charge is -2.18. The summed E-state index contributed by atoms with van der Waals surface area (Å²) in [5.74, 6) is 1.67. The second-order valence-corrected chi connectivity index (χ2v) is 9.49. The average Bonchev–Trinajstić information content (AvgIpc) is 3.11. The molecule has 184 valence electrons. The van der Waals surface area contributed by atoms with Crippen molar-refractivity contribution in [2.24, 2.45) is 5.41 Å². The van der Waals surface area contributed by atoms with Crippen LogP contribution in [-0.2, 0) is 6.54 Å². The number of carbonyl (C=O) groups excluding carboxylic acids is 1. The molecule has 0 bridgehead atoms. The van der Waals surface area contributed by atoms with E-state index in [0.29, 0.717) is 35.2 Å². The summed E-state index contributed by atoms with van der Waals surface area (Å²) in [7, 11) is 1.56. The van der Waals surface area contributed by atoms with E-state index < -0.39 is 0 Å². The molecule has 9 heteroatoms. The molecule has 2 aromatic heterocycles. The van der Waals surface area contributed by atoms with Crippen molar-refractivity contribution in [2.75, 3.05) is 19.5 Å². The van der Waals surface area contributed by atoms with Crippen molar-refractivity contribution in [3.05, 3.63) is 35.9 Å². The molecular formula is C25H36N5O4+. The van der Waals surface area contributed by atoms with Crippen LogP contribution in [0.1, 0.15) is 64.2 Å². The largest absolute Gasteiger partial charge is 0.497 e. The summed E-state index contributed by atoms with van der Waals surface area (Å²) in [6.07, 6.45) is 2.73. The number of ether oxygens (including phenoxy) is 3. The van der Waals surface area contributed by atoms with Gasteiger partial charge < -0.3 is 14.2 Å². The fraction of sp³-hybridized carbons (Fsp3) is 0.520. The van der Waals surface area contributed by atoms with Crippen LogP contribution in [0.2, 0.25) is 0 Å². The van der Waals surface area contributed by atoms with Crippen molar-refractivity contribution >= 4 is 17.4 Å². The number of benzene rings is 1. The number of carbonyl (C=O) groups is 1. The molecule has 0 saturated carbocycles. The van der Waals surface area contributed by atoms with Crippen LogP contribution in [0.25, 0.3) is 5.65 Å². The van der Waals surface area contributed by atoms with Gasteiger partial charge in [-0.3, -0.25) is 10.5 Å². The van der Waals surface area contributed by atoms with Crippen molar-refractivity contribution < 1.29 is 23.7 Å². The van der Waals surface area contributed by atoms with E-state index in [1.165, 1.54) is 9.20 Å². The Kier molecular flexibility index (Phi) is 7.96. The molecule has 0 unspecified atom stereocenters. The van der Waals surface area contributed by atoms with Crippen molar-refractivity contribution in [3.8, 4) is 17.4 Å². The Hall–Kier alpha value is -3.36. The van der Waals surface area contributed by atoms with Gasteiger partial charge in [0.2, 0.25) is 5.88 Å². The molecule has 2 heterocycles. The van der Waals surface area contributed by atoms with Crippen molar-refractivity contribution in [1.82, 2.24) is 14.7 Å². The second kappa shape index (κ2) is 10.7. The minimum absolute atomic E-state index is 0.0491. The zero-order valence-corrected chi connectivity index (χ0v) is 21.0. The summed E-state index contributed by atoms with van der Waals surface area (Å²) >= 11 is 0. The maximum absolute atomic E-state index is 13.1. The van der Waals surface area contributed by atoms with Gasteiger partial charge >= 0.3 is 5.95 Å². The molecule has 0 aliphatic rings. The SMILES string of the molecule is CCC(CC)Oc1ccc2n[n+](CC(=O)c3cc(OC)cc(OCCC(C)(C)C)c3)c(N)n2n1. The predicted octanol–water partition coefficient (Wildman–Crippen LogP) is 3.87. The van der Waals surface area contributed by atoms with Gasteiger partial charge in [-0.15, -0.1) is 4.68 Å². The van der Waals surface area contributed by atoms with Crippen molar-refractivity contribution in [2.45, 2.75) is 66.5 Å². The molecule has 0 spiro atoms. The Bertz CT molecular complexity index is 1130. The van der Waals surface area contributed by atoms with Crippen LogP contribution in [0.5, 0.6) is 17.4 Å². The maximum Gasteiger partial charge on any atom is 0.401 e. The Balaban J connectivity index is 1.79. The summed E-state index contributed by atoms with van der Waals surface area (Å²) < 4.78 is 20.1. The van der Waals surface area contributed by atoms with Gasteiger partial charge in [0.1, 0.15) is 17.6 Å². The third-order valence-corrected chi connectivity index (χ3v) is 5.55. The summed E-state index contributed by atoms with van der Waals surface area (Å²) in [5.41, 5.74) is 7.41. The topological polar surface area (TPSA) is 105 Å². The molecule has 3 rings (SSSR count). The number of anilines is 1. The van der Waals surface area contributed by atoms with E-state index in [9.17, 15) is 4.79 Å². The minimum atomic E-state index is -0.173. The van der Waals surface area contributed by atoms with Gasteiger partial charge in [-0.25, -0.2) is 0 Å². The molecule has 34 heavy (non-hydrogen) atoms. The number of Topliss-reactive ketones (excluding diaryl/α,β-unsaturated/α-hetero) is 1. The molecule has 0 aliphatic heterocycles. The lowest BCUT2D eigenvalue weighted by atomic mass is 9.93. The number of hydrogen-bond acceptors (Lipinski definition) is 7. The highest BCUT2D eigenvalue weighted by Crippen LogP contribution is 2.25. The van der Waals surface area contributed by atoms with E-state index in [2.05, 4.69) is 44.8 Å². The van der Waals surface area contributed by atoms with Crippen LogP contribution in [0, 0.1) is 5.41 Å². The highest BCUT2D eigenvalue weighted by atomic mass is 16.5. The molecule has 0 aliphatic carbocycles. The zero-order chi connectivity index (χ0) is 24.9. The Labute approximate surface area is 200 Å². The predicted molar refractivity (Wildman–Crippen MR) is 129 cm³/mol. The van der Waals surface area contributed by atoms with Crippen LogP contribution in [0.15, 0.2) is 30.3 Å². The highest BCUT2D eigenvalue weighted by Gasteiger charge is 2.22. The third kappa shape index (κ3) is 6.36. The van der Waals surface area contributed by atoms with Gasteiger partial charge in [-0.05, 0) is 36.8 Å². The normalized spacial score (nSPS) is 11.7. The standard InChI is InChI=1S/C25H35N5O4/c1-7-18(8-2)34-23-10-9-22-27-29(24(26)30(22)28-23)16-21(31)17-13-19(32-6)15-20(14-17)33-12-11-25(3,4)5/h9-10,13-15,18,26H,7-8,11-12,16H2,1-6H3/p+1. The quantitative estimate of drug-likeness (QED) is 0.335. The van der Waals surface area contributed by atoms with E-state index in [1.807, 2.05) is 0 Å². The first-order valence-electron chi connectivity index (χ1n) is 11.7. The van der Waals surface area contributed by atoms with Crippen LogP contribution in [0.4, 0.5) is 5.95 Å². The summed E-state index contributed by atoms with van der Waals surface area (Å²) in [6, 6.07) is 8.71. The first kappa shape index (κ1) is 25.3. The van der Waals surface area contributed by atoms with Gasteiger partial charge in [-0.1, -0.05) is 49.3 Å². The number of ketones is 1. The molecular weight excluding hydrogens is 434 g/mol. The van der Waals surface area contributed by atoms with Gasteiger partial charge in [0.15, 0.2) is 12.3 Å². The fourth-order valence-electron chi connectivity index (χ4n) is 3.37. The fourth-order valence-corrected chi connectivity index (χ4v) is 3.37. The number of methoxy groups -OCH3 is 1. The van der Waals surface area contributed by atoms with Gasteiger partial charge in [0.05, 0.1) is 13.7 Å². The lowest BCUT2D eigenvalue weighted by Crippen LogP contribution is -2.42. The van der Waals surface area contributed by atoms with Crippen LogP contribution >= 0.6 is 0 Å². The minimum Gasteiger partial charge on any atom is -0.497 e. The van der Waals surface area contributed by atoms with Crippen molar-refractivity contribution in [1.29, 1.82) is 0 Å². The number of fused-ring (bicyclic) bond motifs is 1. The zero-order valence-electron chi connectivity index (χ0n) is 21.0. The smallest absolute Gasteiger partial charge is 0.401 e. The molecule has 0 amide bonds. The molecule has 3 aromatic rings. The number of nitrogen functional groups attached to an aromatic ring is 1. The van der Waals surface area contributed by atoms with E-state index in [-0.39, 0.29) is 29.8 Å². The number of aromatic nitrogens is 4. The molecule has 9 nitrogen and oxygen atoms in total. The Morgan fingerprint density at radius 3 is 2.50 bits per heavy atom. The van der Waals surface area contributed by atoms with E-state index in [0.717, 1.165) is 19.3 Å². The highest BCUT2D eigenvalue weighted by molar-refractivity contribution is 5.96. The summed E-state index contributed by atoms with van der Waals surface area (Å²) in [5, 5.41) is 8.87. The van der Waals surface area contributed by atoms with Crippen molar-refractivity contribution in [3.63, 3.8) is 0 Å².